The number of nitrogen functional groups attached to an aromatic ring is 1. The number of hydrogen-bond donors (Lipinski definition) is 1. The van der Waals surface area contributed by atoms with Crippen LogP contribution in [0, 0.1) is 6.92 Å². The number of anilines is 1. The lowest BCUT2D eigenvalue weighted by Crippen LogP contribution is -2.04. The summed E-state index contributed by atoms with van der Waals surface area (Å²) < 4.78 is 0. The van der Waals surface area contributed by atoms with Crippen LogP contribution < -0.4 is 5.73 Å². The summed E-state index contributed by atoms with van der Waals surface area (Å²) in [6, 6.07) is 12.8. The van der Waals surface area contributed by atoms with Gasteiger partial charge in [-0.25, -0.2) is 0 Å². The molecule has 2 rings (SSSR count). The van der Waals surface area contributed by atoms with Crippen LogP contribution in [0.25, 0.3) is 0 Å². The highest BCUT2D eigenvalue weighted by Crippen LogP contribution is 2.18. The molecule has 0 atom stereocenters. The van der Waals surface area contributed by atoms with Gasteiger partial charge in [-0.2, -0.15) is 0 Å². The third-order valence-electron chi connectivity index (χ3n) is 2.73. The van der Waals surface area contributed by atoms with Crippen molar-refractivity contribution in [2.45, 2.75) is 13.3 Å². The first-order valence-corrected chi connectivity index (χ1v) is 6.07. The van der Waals surface area contributed by atoms with E-state index in [1.807, 2.05) is 31.2 Å². The first kappa shape index (κ1) is 12.7. The Morgan fingerprint density at radius 2 is 1.83 bits per heavy atom. The molecule has 0 heterocycles. The summed E-state index contributed by atoms with van der Waals surface area (Å²) in [7, 11) is 0. The third-order valence-corrected chi connectivity index (χ3v) is 2.95. The van der Waals surface area contributed by atoms with Crippen molar-refractivity contribution in [2.24, 2.45) is 0 Å². The average Bonchev–Trinajstić information content (AvgIpc) is 2.31. The normalized spacial score (nSPS) is 10.3. The van der Waals surface area contributed by atoms with Crippen molar-refractivity contribution >= 4 is 23.1 Å². The van der Waals surface area contributed by atoms with Gasteiger partial charge in [0, 0.05) is 22.7 Å². The zero-order valence-electron chi connectivity index (χ0n) is 10.1. The van der Waals surface area contributed by atoms with Crippen LogP contribution in [0.3, 0.4) is 0 Å². The number of Topliss-reactive ketones (excluding diaryl/α,β-unsaturated/α-hetero) is 1. The minimum absolute atomic E-state index is 0.0213. The van der Waals surface area contributed by atoms with Gasteiger partial charge in [-0.3, -0.25) is 4.79 Å². The van der Waals surface area contributed by atoms with Crippen LogP contribution in [0.5, 0.6) is 0 Å². The number of benzene rings is 2. The average molecular weight is 260 g/mol. The maximum absolute atomic E-state index is 12.1. The Morgan fingerprint density at radius 1 is 1.17 bits per heavy atom. The monoisotopic (exact) mass is 259 g/mol. The second-order valence-electron chi connectivity index (χ2n) is 4.36. The van der Waals surface area contributed by atoms with E-state index in [9.17, 15) is 4.79 Å². The summed E-state index contributed by atoms with van der Waals surface area (Å²) in [6.07, 6.45) is 0.361. The van der Waals surface area contributed by atoms with Crippen LogP contribution in [0.1, 0.15) is 21.5 Å². The van der Waals surface area contributed by atoms with Gasteiger partial charge >= 0.3 is 0 Å². The van der Waals surface area contributed by atoms with Crippen LogP contribution in [0.4, 0.5) is 5.69 Å². The van der Waals surface area contributed by atoms with Crippen molar-refractivity contribution < 1.29 is 4.79 Å². The summed E-state index contributed by atoms with van der Waals surface area (Å²) >= 11 is 5.89. The Balaban J connectivity index is 2.19. The lowest BCUT2D eigenvalue weighted by atomic mass is 10.0. The molecule has 0 amide bonds. The molecule has 2 aromatic carbocycles. The van der Waals surface area contributed by atoms with Crippen LogP contribution in [0.2, 0.25) is 5.02 Å². The number of carbonyl (C=O) groups excluding carboxylic acids is 1. The van der Waals surface area contributed by atoms with E-state index in [1.54, 1.807) is 18.2 Å². The van der Waals surface area contributed by atoms with E-state index < -0.39 is 0 Å². The molecule has 92 valence electrons. The Kier molecular flexibility index (Phi) is 3.68. The van der Waals surface area contributed by atoms with Crippen LogP contribution in [-0.2, 0) is 6.42 Å². The summed E-state index contributed by atoms with van der Waals surface area (Å²) in [6.45, 7) is 2.02. The highest BCUT2D eigenvalue weighted by Gasteiger charge is 2.08. The van der Waals surface area contributed by atoms with E-state index in [0.717, 1.165) is 5.56 Å². The van der Waals surface area contributed by atoms with Gasteiger partial charge in [0.2, 0.25) is 0 Å². The quantitative estimate of drug-likeness (QED) is 0.675. The molecule has 0 aliphatic heterocycles. The van der Waals surface area contributed by atoms with Gasteiger partial charge in [0.1, 0.15) is 0 Å². The Hall–Kier alpha value is -1.80. The molecule has 0 saturated heterocycles. The predicted octanol–water partition coefficient (Wildman–Crippen LogP) is 3.66. The number of nitrogens with two attached hydrogens (primary N) is 1. The van der Waals surface area contributed by atoms with Gasteiger partial charge in [-0.05, 0) is 30.7 Å². The van der Waals surface area contributed by atoms with E-state index in [2.05, 4.69) is 0 Å². The van der Waals surface area contributed by atoms with Crippen molar-refractivity contribution in [3.8, 4) is 0 Å². The van der Waals surface area contributed by atoms with E-state index >= 15 is 0 Å². The Labute approximate surface area is 111 Å². The first-order valence-electron chi connectivity index (χ1n) is 5.69. The summed E-state index contributed by atoms with van der Waals surface area (Å²) in [5, 5.41) is 0.488. The molecule has 0 bridgehead atoms. The van der Waals surface area contributed by atoms with Gasteiger partial charge in [0.25, 0.3) is 0 Å². The molecular weight excluding hydrogens is 246 g/mol. The molecule has 0 aliphatic rings. The number of ketones is 1. The number of aryl methyl sites for hydroxylation is 1. The van der Waals surface area contributed by atoms with E-state index in [0.29, 0.717) is 22.7 Å². The zero-order valence-corrected chi connectivity index (χ0v) is 10.9. The van der Waals surface area contributed by atoms with E-state index in [1.165, 1.54) is 5.56 Å². The fourth-order valence-corrected chi connectivity index (χ4v) is 2.01. The predicted molar refractivity (Wildman–Crippen MR) is 75.1 cm³/mol. The molecule has 0 aromatic heterocycles. The number of hydrogen-bond acceptors (Lipinski definition) is 2. The molecule has 0 saturated carbocycles. The minimum atomic E-state index is 0.0213. The fourth-order valence-electron chi connectivity index (χ4n) is 1.77. The Bertz CT molecular complexity index is 555. The summed E-state index contributed by atoms with van der Waals surface area (Å²) in [5.41, 5.74) is 8.91. The molecule has 0 aliphatic carbocycles. The number of halogens is 1. The third kappa shape index (κ3) is 3.11. The van der Waals surface area contributed by atoms with Gasteiger partial charge in [-0.15, -0.1) is 0 Å². The molecule has 2 aromatic rings. The number of rotatable bonds is 3. The smallest absolute Gasteiger partial charge is 0.167 e. The molecular formula is C15H14ClNO. The second kappa shape index (κ2) is 5.23. The maximum atomic E-state index is 12.1. The fraction of sp³-hybridized carbons (Fsp3) is 0.133. The zero-order chi connectivity index (χ0) is 13.1. The molecule has 3 heteroatoms. The van der Waals surface area contributed by atoms with Gasteiger partial charge < -0.3 is 5.73 Å². The standard InChI is InChI=1S/C15H14ClNO/c1-10-2-4-11(5-3-10)6-15(18)12-7-13(16)9-14(17)8-12/h2-5,7-9H,6,17H2,1H3. The lowest BCUT2D eigenvalue weighted by Gasteiger charge is -2.04. The molecule has 18 heavy (non-hydrogen) atoms. The van der Waals surface area contributed by atoms with Crippen LogP contribution in [-0.4, -0.2) is 5.78 Å². The summed E-state index contributed by atoms with van der Waals surface area (Å²) in [4.78, 5) is 12.1. The molecule has 2 N–H and O–H groups in total. The van der Waals surface area contributed by atoms with Crippen molar-refractivity contribution in [1.82, 2.24) is 0 Å². The first-order chi connectivity index (χ1) is 8.54. The second-order valence-corrected chi connectivity index (χ2v) is 4.80. The highest BCUT2D eigenvalue weighted by atomic mass is 35.5. The Morgan fingerprint density at radius 3 is 2.44 bits per heavy atom. The van der Waals surface area contributed by atoms with Crippen molar-refractivity contribution in [1.29, 1.82) is 0 Å². The van der Waals surface area contributed by atoms with Crippen molar-refractivity contribution in [3.05, 3.63) is 64.2 Å². The minimum Gasteiger partial charge on any atom is -0.399 e. The van der Waals surface area contributed by atoms with Gasteiger partial charge in [-0.1, -0.05) is 41.4 Å². The van der Waals surface area contributed by atoms with Gasteiger partial charge in [0.05, 0.1) is 0 Å². The molecule has 2 nitrogen and oxygen atoms in total. The van der Waals surface area contributed by atoms with E-state index in [-0.39, 0.29) is 5.78 Å². The highest BCUT2D eigenvalue weighted by molar-refractivity contribution is 6.31. The van der Waals surface area contributed by atoms with Crippen LogP contribution >= 0.6 is 11.6 Å². The maximum Gasteiger partial charge on any atom is 0.167 e. The van der Waals surface area contributed by atoms with E-state index in [4.69, 9.17) is 17.3 Å². The van der Waals surface area contributed by atoms with Crippen molar-refractivity contribution in [2.75, 3.05) is 5.73 Å². The molecule has 0 spiro atoms. The number of carbonyl (C=O) groups is 1. The molecule has 0 unspecified atom stereocenters. The molecule has 0 radical (unpaired) electrons. The summed E-state index contributed by atoms with van der Waals surface area (Å²) in [5.74, 6) is 0.0213. The van der Waals surface area contributed by atoms with Crippen LogP contribution in [0.15, 0.2) is 42.5 Å². The SMILES string of the molecule is Cc1ccc(CC(=O)c2cc(N)cc(Cl)c2)cc1. The van der Waals surface area contributed by atoms with Crippen molar-refractivity contribution in [3.63, 3.8) is 0 Å². The largest absolute Gasteiger partial charge is 0.399 e. The van der Waals surface area contributed by atoms with Gasteiger partial charge in [0.15, 0.2) is 5.78 Å². The molecule has 0 fully saturated rings. The topological polar surface area (TPSA) is 43.1 Å². The lowest BCUT2D eigenvalue weighted by molar-refractivity contribution is 0.0993.